The van der Waals surface area contributed by atoms with Crippen LogP contribution in [0.1, 0.15) is 40.5 Å². The summed E-state index contributed by atoms with van der Waals surface area (Å²) in [7, 11) is 0. The molecule has 0 aromatic rings. The van der Waals surface area contributed by atoms with Crippen LogP contribution in [0.4, 0.5) is 0 Å². The molecule has 1 aliphatic rings. The standard InChI is InChI=1S/C11H20O2/c1-5-8-6-9(11(8,3)4)7(2)10(12)13/h7-9H,5-6H2,1-4H3,(H,12,13)/p-1. The molecule has 0 heterocycles. The van der Waals surface area contributed by atoms with Crippen LogP contribution >= 0.6 is 0 Å². The van der Waals surface area contributed by atoms with Crippen LogP contribution < -0.4 is 5.11 Å². The number of hydrogen-bond donors (Lipinski definition) is 0. The predicted molar refractivity (Wildman–Crippen MR) is 49.8 cm³/mol. The monoisotopic (exact) mass is 183 g/mol. The minimum Gasteiger partial charge on any atom is -0.550 e. The Balaban J connectivity index is 2.62. The molecule has 0 aromatic carbocycles. The number of carbonyl (C=O) groups is 1. The van der Waals surface area contributed by atoms with Crippen LogP contribution in [-0.4, -0.2) is 5.97 Å². The molecule has 0 N–H and O–H groups in total. The van der Waals surface area contributed by atoms with E-state index in [4.69, 9.17) is 0 Å². The lowest BCUT2D eigenvalue weighted by Crippen LogP contribution is -2.51. The molecule has 13 heavy (non-hydrogen) atoms. The van der Waals surface area contributed by atoms with Crippen molar-refractivity contribution in [2.75, 3.05) is 0 Å². The summed E-state index contributed by atoms with van der Waals surface area (Å²) in [4.78, 5) is 10.7. The first-order chi connectivity index (χ1) is 5.91. The molecule has 3 atom stereocenters. The molecule has 0 aliphatic heterocycles. The van der Waals surface area contributed by atoms with E-state index in [-0.39, 0.29) is 11.3 Å². The second kappa shape index (κ2) is 3.32. The molecule has 1 rings (SSSR count). The second-order valence-corrected chi connectivity index (χ2v) is 4.88. The van der Waals surface area contributed by atoms with Gasteiger partial charge in [0, 0.05) is 5.97 Å². The molecule has 2 heteroatoms. The molecule has 1 fully saturated rings. The van der Waals surface area contributed by atoms with E-state index in [2.05, 4.69) is 20.8 Å². The largest absolute Gasteiger partial charge is 0.550 e. The maximum Gasteiger partial charge on any atom is 0.0445 e. The summed E-state index contributed by atoms with van der Waals surface area (Å²) in [6.45, 7) is 8.30. The maximum atomic E-state index is 10.7. The molecule has 0 aromatic heterocycles. The highest BCUT2D eigenvalue weighted by Crippen LogP contribution is 2.55. The fourth-order valence-electron chi connectivity index (χ4n) is 2.76. The third-order valence-corrected chi connectivity index (χ3v) is 4.01. The topological polar surface area (TPSA) is 40.1 Å². The zero-order valence-electron chi connectivity index (χ0n) is 8.96. The third-order valence-electron chi connectivity index (χ3n) is 4.01. The van der Waals surface area contributed by atoms with Gasteiger partial charge in [-0.1, -0.05) is 34.1 Å². The quantitative estimate of drug-likeness (QED) is 0.664. The molecule has 1 saturated carbocycles. The van der Waals surface area contributed by atoms with E-state index in [0.717, 1.165) is 12.8 Å². The molecule has 0 spiro atoms. The Kier molecular flexibility index (Phi) is 2.69. The van der Waals surface area contributed by atoms with Crippen molar-refractivity contribution >= 4 is 5.97 Å². The molecule has 3 unspecified atom stereocenters. The first kappa shape index (κ1) is 10.6. The first-order valence-electron chi connectivity index (χ1n) is 5.12. The Labute approximate surface area is 80.3 Å². The summed E-state index contributed by atoms with van der Waals surface area (Å²) in [5, 5.41) is 10.7. The van der Waals surface area contributed by atoms with E-state index >= 15 is 0 Å². The highest BCUT2D eigenvalue weighted by atomic mass is 16.4. The van der Waals surface area contributed by atoms with Crippen molar-refractivity contribution in [3.8, 4) is 0 Å². The van der Waals surface area contributed by atoms with Gasteiger partial charge in [0.2, 0.25) is 0 Å². The van der Waals surface area contributed by atoms with Crippen LogP contribution in [0, 0.1) is 23.2 Å². The average Bonchev–Trinajstić information content (AvgIpc) is 2.03. The van der Waals surface area contributed by atoms with E-state index in [0.29, 0.717) is 11.8 Å². The van der Waals surface area contributed by atoms with Gasteiger partial charge in [0.05, 0.1) is 0 Å². The zero-order valence-corrected chi connectivity index (χ0v) is 8.96. The van der Waals surface area contributed by atoms with E-state index in [1.807, 2.05) is 0 Å². The molecule has 1 aliphatic carbocycles. The summed E-state index contributed by atoms with van der Waals surface area (Å²) >= 11 is 0. The van der Waals surface area contributed by atoms with E-state index in [9.17, 15) is 9.90 Å². The number of rotatable bonds is 3. The second-order valence-electron chi connectivity index (χ2n) is 4.88. The summed E-state index contributed by atoms with van der Waals surface area (Å²) < 4.78 is 0. The van der Waals surface area contributed by atoms with Gasteiger partial charge in [0.25, 0.3) is 0 Å². The predicted octanol–water partition coefficient (Wildman–Crippen LogP) is 1.44. The molecular weight excluding hydrogens is 164 g/mol. The zero-order chi connectivity index (χ0) is 10.2. The molecule has 0 amide bonds. The maximum absolute atomic E-state index is 10.7. The number of hydrogen-bond acceptors (Lipinski definition) is 2. The van der Waals surface area contributed by atoms with Crippen LogP contribution in [0.5, 0.6) is 0 Å². The van der Waals surface area contributed by atoms with Crippen LogP contribution in [-0.2, 0) is 4.79 Å². The molecule has 0 radical (unpaired) electrons. The van der Waals surface area contributed by atoms with Crippen molar-refractivity contribution in [3.05, 3.63) is 0 Å². The molecule has 0 saturated heterocycles. The number of carboxylic acids is 1. The number of aliphatic carboxylic acids is 1. The van der Waals surface area contributed by atoms with Crippen LogP contribution in [0.2, 0.25) is 0 Å². The average molecular weight is 183 g/mol. The van der Waals surface area contributed by atoms with Gasteiger partial charge >= 0.3 is 0 Å². The highest BCUT2D eigenvalue weighted by molar-refractivity contribution is 5.67. The van der Waals surface area contributed by atoms with E-state index in [1.54, 1.807) is 6.92 Å². The Hall–Kier alpha value is -0.530. The van der Waals surface area contributed by atoms with Crippen molar-refractivity contribution in [3.63, 3.8) is 0 Å². The molecule has 0 bridgehead atoms. The van der Waals surface area contributed by atoms with Gasteiger partial charge in [-0.25, -0.2) is 0 Å². The lowest BCUT2D eigenvalue weighted by atomic mass is 9.51. The van der Waals surface area contributed by atoms with Gasteiger partial charge in [0.15, 0.2) is 0 Å². The van der Waals surface area contributed by atoms with Gasteiger partial charge in [-0.3, -0.25) is 0 Å². The van der Waals surface area contributed by atoms with Crippen molar-refractivity contribution in [2.24, 2.45) is 23.2 Å². The fourth-order valence-corrected chi connectivity index (χ4v) is 2.76. The van der Waals surface area contributed by atoms with Gasteiger partial charge < -0.3 is 9.90 Å². The summed E-state index contributed by atoms with van der Waals surface area (Å²) in [6, 6.07) is 0. The van der Waals surface area contributed by atoms with Gasteiger partial charge in [-0.15, -0.1) is 0 Å². The van der Waals surface area contributed by atoms with Crippen molar-refractivity contribution in [1.29, 1.82) is 0 Å². The van der Waals surface area contributed by atoms with Crippen LogP contribution in [0.3, 0.4) is 0 Å². The van der Waals surface area contributed by atoms with Crippen LogP contribution in [0.25, 0.3) is 0 Å². The van der Waals surface area contributed by atoms with E-state index < -0.39 is 5.97 Å². The van der Waals surface area contributed by atoms with Crippen molar-refractivity contribution in [1.82, 2.24) is 0 Å². The fraction of sp³-hybridized carbons (Fsp3) is 0.909. The normalized spacial score (nSPS) is 33.5. The first-order valence-corrected chi connectivity index (χ1v) is 5.12. The van der Waals surface area contributed by atoms with Gasteiger partial charge in [-0.2, -0.15) is 0 Å². The Morgan fingerprint density at radius 1 is 1.62 bits per heavy atom. The summed E-state index contributed by atoms with van der Waals surface area (Å²) in [5.41, 5.74) is 0.189. The lowest BCUT2D eigenvalue weighted by Gasteiger charge is -2.55. The smallest absolute Gasteiger partial charge is 0.0445 e. The number of carbonyl (C=O) groups excluding carboxylic acids is 1. The van der Waals surface area contributed by atoms with E-state index in [1.165, 1.54) is 0 Å². The van der Waals surface area contributed by atoms with Crippen molar-refractivity contribution < 1.29 is 9.90 Å². The Morgan fingerprint density at radius 2 is 2.15 bits per heavy atom. The van der Waals surface area contributed by atoms with Crippen LogP contribution in [0.15, 0.2) is 0 Å². The summed E-state index contributed by atoms with van der Waals surface area (Å²) in [6.07, 6.45) is 2.21. The molecule has 2 nitrogen and oxygen atoms in total. The summed E-state index contributed by atoms with van der Waals surface area (Å²) in [5.74, 6) is -0.188. The Morgan fingerprint density at radius 3 is 2.46 bits per heavy atom. The SMILES string of the molecule is CCC1CC(C(C)C(=O)[O-])C1(C)C. The minimum atomic E-state index is -0.896. The van der Waals surface area contributed by atoms with Gasteiger partial charge in [-0.05, 0) is 29.6 Å². The van der Waals surface area contributed by atoms with Crippen molar-refractivity contribution in [2.45, 2.75) is 40.5 Å². The number of carboxylic acid groups (broad SMARTS) is 1. The Bertz CT molecular complexity index is 208. The molecular formula is C11H19O2-. The molecule has 76 valence electrons. The minimum absolute atomic E-state index is 0.189. The third kappa shape index (κ3) is 1.59. The highest BCUT2D eigenvalue weighted by Gasteiger charge is 2.48. The van der Waals surface area contributed by atoms with Gasteiger partial charge in [0.1, 0.15) is 0 Å². The lowest BCUT2D eigenvalue weighted by molar-refractivity contribution is -0.316.